The zero-order valence-corrected chi connectivity index (χ0v) is 14.6. The minimum Gasteiger partial charge on any atom is -0.313 e. The minimum atomic E-state index is 0.156. The standard InChI is InChI=1S/C14H16BrCl2N3/c1-8-10(14(17)20(3)19-8)7-13(18-2)9-4-5-12(16)11(15)6-9/h4-6,13,18H,7H2,1-3H3. The predicted molar refractivity (Wildman–Crippen MR) is 87.6 cm³/mol. The highest BCUT2D eigenvalue weighted by Crippen LogP contribution is 2.29. The van der Waals surface area contributed by atoms with Crippen LogP contribution < -0.4 is 5.32 Å². The number of benzene rings is 1. The van der Waals surface area contributed by atoms with E-state index < -0.39 is 0 Å². The van der Waals surface area contributed by atoms with Crippen molar-refractivity contribution in [3.63, 3.8) is 0 Å². The second-order valence-electron chi connectivity index (χ2n) is 4.70. The Labute approximate surface area is 137 Å². The van der Waals surface area contributed by atoms with Gasteiger partial charge in [0.2, 0.25) is 0 Å². The molecule has 2 aromatic rings. The fourth-order valence-corrected chi connectivity index (χ4v) is 2.99. The maximum atomic E-state index is 6.30. The summed E-state index contributed by atoms with van der Waals surface area (Å²) in [4.78, 5) is 0. The van der Waals surface area contributed by atoms with Crippen molar-refractivity contribution in [3.8, 4) is 0 Å². The van der Waals surface area contributed by atoms with E-state index >= 15 is 0 Å². The molecular formula is C14H16BrCl2N3. The normalized spacial score (nSPS) is 12.7. The molecule has 6 heteroatoms. The summed E-state index contributed by atoms with van der Waals surface area (Å²) in [5.41, 5.74) is 3.19. The summed E-state index contributed by atoms with van der Waals surface area (Å²) in [6.45, 7) is 1.98. The van der Waals surface area contributed by atoms with Crippen molar-refractivity contribution in [1.29, 1.82) is 0 Å². The number of nitrogens with zero attached hydrogens (tertiary/aromatic N) is 2. The molecule has 0 spiro atoms. The van der Waals surface area contributed by atoms with Crippen molar-refractivity contribution in [3.05, 3.63) is 49.7 Å². The fraction of sp³-hybridized carbons (Fsp3) is 0.357. The number of aromatic nitrogens is 2. The quantitative estimate of drug-likeness (QED) is 0.861. The number of nitrogens with one attached hydrogen (secondary N) is 1. The van der Waals surface area contributed by atoms with Crippen molar-refractivity contribution >= 4 is 39.1 Å². The molecule has 108 valence electrons. The third-order valence-corrected chi connectivity index (χ3v) is 5.06. The average Bonchev–Trinajstić information content (AvgIpc) is 2.65. The van der Waals surface area contributed by atoms with Gasteiger partial charge in [-0.05, 0) is 54.0 Å². The highest BCUT2D eigenvalue weighted by molar-refractivity contribution is 9.10. The molecule has 0 bridgehead atoms. The first-order valence-corrected chi connectivity index (χ1v) is 7.79. The Morgan fingerprint density at radius 2 is 2.10 bits per heavy atom. The minimum absolute atomic E-state index is 0.156. The fourth-order valence-electron chi connectivity index (χ4n) is 2.23. The molecule has 2 rings (SSSR count). The molecule has 3 nitrogen and oxygen atoms in total. The average molecular weight is 377 g/mol. The van der Waals surface area contributed by atoms with E-state index in [9.17, 15) is 0 Å². The summed E-state index contributed by atoms with van der Waals surface area (Å²) in [5, 5.41) is 9.07. The summed E-state index contributed by atoms with van der Waals surface area (Å²) in [7, 11) is 3.79. The van der Waals surface area contributed by atoms with Crippen molar-refractivity contribution < 1.29 is 0 Å². The first-order chi connectivity index (χ1) is 9.43. The van der Waals surface area contributed by atoms with Gasteiger partial charge in [-0.3, -0.25) is 4.68 Å². The number of rotatable bonds is 4. The summed E-state index contributed by atoms with van der Waals surface area (Å²) in [6, 6.07) is 6.10. The van der Waals surface area contributed by atoms with Crippen molar-refractivity contribution in [2.75, 3.05) is 7.05 Å². The van der Waals surface area contributed by atoms with Crippen molar-refractivity contribution in [1.82, 2.24) is 15.1 Å². The van der Waals surface area contributed by atoms with Gasteiger partial charge < -0.3 is 5.32 Å². The molecule has 0 radical (unpaired) electrons. The largest absolute Gasteiger partial charge is 0.313 e. The molecule has 0 aliphatic carbocycles. The van der Waals surface area contributed by atoms with E-state index in [-0.39, 0.29) is 6.04 Å². The molecule has 0 aliphatic heterocycles. The summed E-state index contributed by atoms with van der Waals surface area (Å²) >= 11 is 15.8. The van der Waals surface area contributed by atoms with Gasteiger partial charge in [-0.25, -0.2) is 0 Å². The van der Waals surface area contributed by atoms with Crippen LogP contribution in [-0.4, -0.2) is 16.8 Å². The number of likely N-dealkylation sites (N-methyl/N-ethyl adjacent to an activating group) is 1. The van der Waals surface area contributed by atoms with Crippen LogP contribution in [0.3, 0.4) is 0 Å². The van der Waals surface area contributed by atoms with E-state index in [4.69, 9.17) is 23.2 Å². The molecular weight excluding hydrogens is 361 g/mol. The lowest BCUT2D eigenvalue weighted by molar-refractivity contribution is 0.590. The Morgan fingerprint density at radius 3 is 2.60 bits per heavy atom. The maximum absolute atomic E-state index is 6.30. The highest BCUT2D eigenvalue weighted by atomic mass is 79.9. The number of hydrogen-bond donors (Lipinski definition) is 1. The van der Waals surface area contributed by atoms with Crippen LogP contribution in [0.15, 0.2) is 22.7 Å². The van der Waals surface area contributed by atoms with Crippen LogP contribution in [0, 0.1) is 6.92 Å². The number of hydrogen-bond acceptors (Lipinski definition) is 2. The lowest BCUT2D eigenvalue weighted by atomic mass is 9.99. The van der Waals surface area contributed by atoms with Crippen LogP contribution in [0.4, 0.5) is 0 Å². The molecule has 0 fully saturated rings. The Kier molecular flexibility index (Phi) is 5.13. The molecule has 0 saturated carbocycles. The van der Waals surface area contributed by atoms with Gasteiger partial charge in [-0.1, -0.05) is 29.3 Å². The van der Waals surface area contributed by atoms with Crippen LogP contribution in [0.2, 0.25) is 10.2 Å². The van der Waals surface area contributed by atoms with Gasteiger partial charge in [-0.15, -0.1) is 0 Å². The Hall–Kier alpha value is -0.550. The molecule has 1 atom stereocenters. The smallest absolute Gasteiger partial charge is 0.130 e. The molecule has 0 amide bonds. The van der Waals surface area contributed by atoms with Crippen LogP contribution in [0.5, 0.6) is 0 Å². The number of aryl methyl sites for hydroxylation is 2. The Bertz CT molecular complexity index is 625. The zero-order valence-electron chi connectivity index (χ0n) is 11.5. The monoisotopic (exact) mass is 375 g/mol. The molecule has 1 unspecified atom stereocenters. The van der Waals surface area contributed by atoms with Crippen molar-refractivity contribution in [2.24, 2.45) is 7.05 Å². The van der Waals surface area contributed by atoms with E-state index in [2.05, 4.69) is 26.3 Å². The molecule has 1 aromatic carbocycles. The van der Waals surface area contributed by atoms with E-state index in [0.717, 1.165) is 27.7 Å². The summed E-state index contributed by atoms with van der Waals surface area (Å²) in [6.07, 6.45) is 0.781. The number of halogens is 3. The second-order valence-corrected chi connectivity index (χ2v) is 6.32. The lowest BCUT2D eigenvalue weighted by Gasteiger charge is -2.17. The van der Waals surface area contributed by atoms with Gasteiger partial charge in [0.25, 0.3) is 0 Å². The predicted octanol–water partition coefficient (Wildman–Crippen LogP) is 4.30. The van der Waals surface area contributed by atoms with Gasteiger partial charge in [0.05, 0.1) is 10.7 Å². The molecule has 0 saturated heterocycles. The first-order valence-electron chi connectivity index (χ1n) is 6.24. The van der Waals surface area contributed by atoms with Gasteiger partial charge in [0.15, 0.2) is 0 Å². The van der Waals surface area contributed by atoms with E-state index in [1.54, 1.807) is 4.68 Å². The van der Waals surface area contributed by atoms with Crippen molar-refractivity contribution in [2.45, 2.75) is 19.4 Å². The first kappa shape index (κ1) is 15.8. The van der Waals surface area contributed by atoms with E-state index in [0.29, 0.717) is 10.2 Å². The van der Waals surface area contributed by atoms with Crippen LogP contribution in [-0.2, 0) is 13.5 Å². The Balaban J connectivity index is 2.31. The van der Waals surface area contributed by atoms with E-state index in [1.165, 1.54) is 0 Å². The van der Waals surface area contributed by atoms with Crippen LogP contribution in [0.25, 0.3) is 0 Å². The van der Waals surface area contributed by atoms with Gasteiger partial charge >= 0.3 is 0 Å². The highest BCUT2D eigenvalue weighted by Gasteiger charge is 2.18. The molecule has 1 heterocycles. The molecule has 0 aliphatic rings. The third kappa shape index (κ3) is 3.19. The van der Waals surface area contributed by atoms with Crippen LogP contribution in [0.1, 0.15) is 22.9 Å². The van der Waals surface area contributed by atoms with Gasteiger partial charge in [0, 0.05) is 23.1 Å². The maximum Gasteiger partial charge on any atom is 0.130 e. The van der Waals surface area contributed by atoms with Gasteiger partial charge in [-0.2, -0.15) is 5.10 Å². The third-order valence-electron chi connectivity index (χ3n) is 3.37. The SMILES string of the molecule is CNC(Cc1c(C)nn(C)c1Cl)c1ccc(Cl)c(Br)c1. The Morgan fingerprint density at radius 1 is 1.40 bits per heavy atom. The zero-order chi connectivity index (χ0) is 14.9. The second kappa shape index (κ2) is 6.48. The van der Waals surface area contributed by atoms with Crippen LogP contribution >= 0.6 is 39.1 Å². The summed E-state index contributed by atoms with van der Waals surface area (Å²) < 4.78 is 2.60. The van der Waals surface area contributed by atoms with E-state index in [1.807, 2.05) is 39.2 Å². The molecule has 1 aromatic heterocycles. The summed E-state index contributed by atoms with van der Waals surface area (Å²) in [5.74, 6) is 0. The lowest BCUT2D eigenvalue weighted by Crippen LogP contribution is -2.19. The van der Waals surface area contributed by atoms with Gasteiger partial charge in [0.1, 0.15) is 5.15 Å². The molecule has 1 N–H and O–H groups in total. The topological polar surface area (TPSA) is 29.9 Å². The molecule has 20 heavy (non-hydrogen) atoms.